The molecule has 3 aromatic rings. The number of rotatable bonds is 2. The summed E-state index contributed by atoms with van der Waals surface area (Å²) < 4.78 is 18.4. The highest BCUT2D eigenvalue weighted by molar-refractivity contribution is 5.94. The van der Waals surface area contributed by atoms with Gasteiger partial charge in [-0.2, -0.15) is 4.98 Å². The molecule has 2 heterocycles. The Morgan fingerprint density at radius 2 is 1.96 bits per heavy atom. The third-order valence-electron chi connectivity index (χ3n) is 4.37. The molecule has 0 atom stereocenters. The predicted molar refractivity (Wildman–Crippen MR) is 89.3 cm³/mol. The zero-order valence-electron chi connectivity index (χ0n) is 13.7. The number of carbonyl (C=O) groups is 1. The molecule has 0 N–H and O–H groups in total. The van der Waals surface area contributed by atoms with Crippen LogP contribution < -0.4 is 0 Å². The van der Waals surface area contributed by atoms with Crippen LogP contribution >= 0.6 is 0 Å². The van der Waals surface area contributed by atoms with E-state index in [1.807, 2.05) is 0 Å². The molecule has 126 valence electrons. The average molecular weight is 337 g/mol. The molecule has 1 aromatic heterocycles. The van der Waals surface area contributed by atoms with Gasteiger partial charge in [0.15, 0.2) is 5.82 Å². The molecule has 1 amide bonds. The number of halogens is 1. The normalized spacial score (nSPS) is 13.6. The number of benzene rings is 2. The maximum absolute atomic E-state index is 13.3. The van der Waals surface area contributed by atoms with Crippen LogP contribution in [0.3, 0.4) is 0 Å². The highest BCUT2D eigenvalue weighted by atomic mass is 19.1. The first kappa shape index (κ1) is 15.5. The van der Waals surface area contributed by atoms with Crippen LogP contribution in [0.5, 0.6) is 0 Å². The Hall–Kier alpha value is -3.02. The second kappa shape index (κ2) is 6.12. The maximum Gasteiger partial charge on any atom is 0.257 e. The van der Waals surface area contributed by atoms with Crippen LogP contribution in [0.15, 0.2) is 47.0 Å². The van der Waals surface area contributed by atoms with Crippen molar-refractivity contribution in [3.63, 3.8) is 0 Å². The Morgan fingerprint density at radius 1 is 1.16 bits per heavy atom. The van der Waals surface area contributed by atoms with Gasteiger partial charge in [0.25, 0.3) is 11.8 Å². The molecular weight excluding hydrogens is 321 g/mol. The Balaban J connectivity index is 1.52. The molecule has 25 heavy (non-hydrogen) atoms. The first-order valence-electron chi connectivity index (χ1n) is 8.07. The second-order valence-electron chi connectivity index (χ2n) is 6.11. The van der Waals surface area contributed by atoms with E-state index in [1.165, 1.54) is 6.07 Å². The van der Waals surface area contributed by atoms with Crippen LogP contribution in [0, 0.1) is 12.7 Å². The first-order valence-corrected chi connectivity index (χ1v) is 8.07. The summed E-state index contributed by atoms with van der Waals surface area (Å²) in [5.74, 6) is 0.734. The van der Waals surface area contributed by atoms with E-state index >= 15 is 0 Å². The molecule has 0 aliphatic carbocycles. The highest BCUT2D eigenvalue weighted by Gasteiger charge is 2.22. The first-order chi connectivity index (χ1) is 12.1. The number of aryl methyl sites for hydroxylation is 1. The summed E-state index contributed by atoms with van der Waals surface area (Å²) in [4.78, 5) is 18.7. The van der Waals surface area contributed by atoms with Gasteiger partial charge in [-0.3, -0.25) is 4.79 Å². The standard InChI is InChI=1S/C19H16FN3O2/c1-12-21-18(25-22-12)13-2-4-14(5-3-13)19(24)23-9-8-15-10-17(20)7-6-16(15)11-23/h2-7,10H,8-9,11H2,1H3. The van der Waals surface area contributed by atoms with Gasteiger partial charge in [0.05, 0.1) is 0 Å². The number of aromatic nitrogens is 2. The highest BCUT2D eigenvalue weighted by Crippen LogP contribution is 2.23. The van der Waals surface area contributed by atoms with E-state index in [0.717, 1.165) is 16.7 Å². The van der Waals surface area contributed by atoms with Crippen LogP contribution in [-0.4, -0.2) is 27.5 Å². The fraction of sp³-hybridized carbons (Fsp3) is 0.211. The van der Waals surface area contributed by atoms with Gasteiger partial charge in [-0.15, -0.1) is 0 Å². The number of hydrogen-bond donors (Lipinski definition) is 0. The van der Waals surface area contributed by atoms with E-state index in [1.54, 1.807) is 48.2 Å². The van der Waals surface area contributed by atoms with Crippen molar-refractivity contribution in [2.45, 2.75) is 19.9 Å². The van der Waals surface area contributed by atoms with Crippen molar-refractivity contribution in [1.82, 2.24) is 15.0 Å². The fourth-order valence-corrected chi connectivity index (χ4v) is 3.05. The Labute approximate surface area is 144 Å². The van der Waals surface area contributed by atoms with Gasteiger partial charge in [-0.1, -0.05) is 11.2 Å². The number of fused-ring (bicyclic) bond motifs is 1. The molecule has 1 aliphatic heterocycles. The van der Waals surface area contributed by atoms with Gasteiger partial charge >= 0.3 is 0 Å². The Kier molecular flexibility index (Phi) is 3.80. The lowest BCUT2D eigenvalue weighted by molar-refractivity contribution is 0.0734. The summed E-state index contributed by atoms with van der Waals surface area (Å²) >= 11 is 0. The molecule has 0 spiro atoms. The monoisotopic (exact) mass is 337 g/mol. The van der Waals surface area contributed by atoms with Crippen molar-refractivity contribution in [2.24, 2.45) is 0 Å². The minimum absolute atomic E-state index is 0.0387. The number of nitrogens with zero attached hydrogens (tertiary/aromatic N) is 3. The third kappa shape index (κ3) is 3.03. The van der Waals surface area contributed by atoms with Crippen LogP contribution in [0.1, 0.15) is 27.3 Å². The number of amides is 1. The van der Waals surface area contributed by atoms with Crippen molar-refractivity contribution in [2.75, 3.05) is 6.54 Å². The van der Waals surface area contributed by atoms with Gasteiger partial charge in [0.2, 0.25) is 0 Å². The van der Waals surface area contributed by atoms with Crippen LogP contribution in [-0.2, 0) is 13.0 Å². The largest absolute Gasteiger partial charge is 0.334 e. The molecule has 0 radical (unpaired) electrons. The minimum Gasteiger partial charge on any atom is -0.334 e. The van der Waals surface area contributed by atoms with E-state index in [0.29, 0.717) is 36.8 Å². The van der Waals surface area contributed by atoms with E-state index in [9.17, 15) is 9.18 Å². The van der Waals surface area contributed by atoms with Crippen molar-refractivity contribution < 1.29 is 13.7 Å². The van der Waals surface area contributed by atoms with E-state index < -0.39 is 0 Å². The number of carbonyl (C=O) groups excluding carboxylic acids is 1. The van der Waals surface area contributed by atoms with Crippen molar-refractivity contribution in [1.29, 1.82) is 0 Å². The average Bonchev–Trinajstić information content (AvgIpc) is 3.07. The van der Waals surface area contributed by atoms with Crippen molar-refractivity contribution in [3.8, 4) is 11.5 Å². The second-order valence-corrected chi connectivity index (χ2v) is 6.11. The van der Waals surface area contributed by atoms with E-state index in [-0.39, 0.29) is 11.7 Å². The number of hydrogen-bond acceptors (Lipinski definition) is 4. The molecular formula is C19H16FN3O2. The van der Waals surface area contributed by atoms with Crippen LogP contribution in [0.4, 0.5) is 4.39 Å². The molecule has 0 fully saturated rings. The Morgan fingerprint density at radius 3 is 2.68 bits per heavy atom. The van der Waals surface area contributed by atoms with Gasteiger partial charge in [-0.05, 0) is 60.9 Å². The Bertz CT molecular complexity index is 934. The lowest BCUT2D eigenvalue weighted by atomic mass is 9.99. The summed E-state index contributed by atoms with van der Waals surface area (Å²) in [7, 11) is 0. The van der Waals surface area contributed by atoms with Crippen molar-refractivity contribution in [3.05, 3.63) is 70.8 Å². The van der Waals surface area contributed by atoms with Gasteiger partial charge in [0, 0.05) is 24.2 Å². The third-order valence-corrected chi connectivity index (χ3v) is 4.37. The summed E-state index contributed by atoms with van der Waals surface area (Å²) in [5, 5.41) is 3.76. The zero-order valence-corrected chi connectivity index (χ0v) is 13.7. The summed E-state index contributed by atoms with van der Waals surface area (Å²) in [6, 6.07) is 11.9. The van der Waals surface area contributed by atoms with Crippen LogP contribution in [0.25, 0.3) is 11.5 Å². The van der Waals surface area contributed by atoms with E-state index in [4.69, 9.17) is 4.52 Å². The van der Waals surface area contributed by atoms with Crippen molar-refractivity contribution >= 4 is 5.91 Å². The molecule has 6 heteroatoms. The van der Waals surface area contributed by atoms with Crippen LogP contribution in [0.2, 0.25) is 0 Å². The molecule has 0 saturated heterocycles. The molecule has 5 nitrogen and oxygen atoms in total. The smallest absolute Gasteiger partial charge is 0.257 e. The minimum atomic E-state index is -0.231. The lowest BCUT2D eigenvalue weighted by Crippen LogP contribution is -2.36. The molecule has 1 aliphatic rings. The molecule has 2 aromatic carbocycles. The van der Waals surface area contributed by atoms with E-state index in [2.05, 4.69) is 10.1 Å². The summed E-state index contributed by atoms with van der Waals surface area (Å²) in [5.41, 5.74) is 3.35. The topological polar surface area (TPSA) is 59.2 Å². The quantitative estimate of drug-likeness (QED) is 0.719. The predicted octanol–water partition coefficient (Wildman–Crippen LogP) is 3.38. The van der Waals surface area contributed by atoms with Gasteiger partial charge in [0.1, 0.15) is 5.82 Å². The maximum atomic E-state index is 13.3. The summed E-state index contributed by atoms with van der Waals surface area (Å²) in [6.45, 7) is 2.84. The molecule has 4 rings (SSSR count). The fourth-order valence-electron chi connectivity index (χ4n) is 3.05. The van der Waals surface area contributed by atoms with Gasteiger partial charge in [-0.25, -0.2) is 4.39 Å². The molecule has 0 unspecified atom stereocenters. The summed E-state index contributed by atoms with van der Waals surface area (Å²) in [6.07, 6.45) is 0.665. The zero-order chi connectivity index (χ0) is 17.4. The van der Waals surface area contributed by atoms with Gasteiger partial charge < -0.3 is 9.42 Å². The molecule has 0 bridgehead atoms. The molecule has 0 saturated carbocycles. The SMILES string of the molecule is Cc1noc(-c2ccc(C(=O)N3CCc4cc(F)ccc4C3)cc2)n1. The lowest BCUT2D eigenvalue weighted by Gasteiger charge is -2.29.